The number of rotatable bonds is 5. The number of hydrogen-bond donors (Lipinski definition) is 0. The number of hydrogen-bond acceptors (Lipinski definition) is 3. The molecular weight excluding hydrogens is 372 g/mol. The zero-order valence-corrected chi connectivity index (χ0v) is 17.4. The zero-order chi connectivity index (χ0) is 20.3. The third-order valence-corrected chi connectivity index (χ3v) is 4.84. The second-order valence-corrected chi connectivity index (χ2v) is 7.84. The Morgan fingerprint density at radius 1 is 1.00 bits per heavy atom. The molecule has 0 unspecified atom stereocenters. The maximum Gasteiger partial charge on any atom is 0.332 e. The summed E-state index contributed by atoms with van der Waals surface area (Å²) in [7, 11) is 0. The summed E-state index contributed by atoms with van der Waals surface area (Å²) in [6.07, 6.45) is 1.56. The van der Waals surface area contributed by atoms with Gasteiger partial charge < -0.3 is 0 Å². The van der Waals surface area contributed by atoms with Crippen LogP contribution >= 0.6 is 11.6 Å². The topological polar surface area (TPSA) is 52.2 Å². The van der Waals surface area contributed by atoms with Crippen molar-refractivity contribution >= 4 is 17.3 Å². The van der Waals surface area contributed by atoms with Gasteiger partial charge in [0.15, 0.2) is 0 Å². The predicted molar refractivity (Wildman–Crippen MR) is 113 cm³/mol. The SMILES string of the molecule is CC(C)c1ccc(/N=c2\ncn(C(C)C)c(=O)n2Cc2ccc(Cl)cc2)cc1. The van der Waals surface area contributed by atoms with Crippen LogP contribution in [0.5, 0.6) is 0 Å². The van der Waals surface area contributed by atoms with Crippen molar-refractivity contribution < 1.29 is 0 Å². The quantitative estimate of drug-likeness (QED) is 0.628. The molecule has 0 aliphatic rings. The van der Waals surface area contributed by atoms with Gasteiger partial charge in [0.1, 0.15) is 6.33 Å². The van der Waals surface area contributed by atoms with Gasteiger partial charge in [0, 0.05) is 11.1 Å². The molecule has 0 amide bonds. The number of benzene rings is 2. The van der Waals surface area contributed by atoms with Gasteiger partial charge in [-0.3, -0.25) is 9.13 Å². The molecule has 1 aromatic heterocycles. The van der Waals surface area contributed by atoms with E-state index in [0.29, 0.717) is 23.1 Å². The Hall–Kier alpha value is -2.66. The van der Waals surface area contributed by atoms with E-state index in [2.05, 4.69) is 36.0 Å². The van der Waals surface area contributed by atoms with Crippen LogP contribution in [0, 0.1) is 0 Å². The molecule has 2 aromatic carbocycles. The Morgan fingerprint density at radius 2 is 1.64 bits per heavy atom. The van der Waals surface area contributed by atoms with Crippen LogP contribution in [-0.2, 0) is 6.54 Å². The highest BCUT2D eigenvalue weighted by molar-refractivity contribution is 6.30. The predicted octanol–water partition coefficient (Wildman–Crippen LogP) is 4.68. The van der Waals surface area contributed by atoms with E-state index in [9.17, 15) is 4.79 Å². The lowest BCUT2D eigenvalue weighted by Gasteiger charge is -2.13. The van der Waals surface area contributed by atoms with E-state index in [1.165, 1.54) is 5.56 Å². The first kappa shape index (κ1) is 20.1. The molecule has 5 nitrogen and oxygen atoms in total. The standard InChI is InChI=1S/C22H25ClN4O/c1-15(2)18-7-11-20(12-8-18)25-21-24-14-27(16(3)4)22(28)26(21)13-17-5-9-19(23)10-6-17/h5-12,14-16H,13H2,1-4H3/b25-21+. The lowest BCUT2D eigenvalue weighted by Crippen LogP contribution is -2.42. The van der Waals surface area contributed by atoms with Gasteiger partial charge in [0.2, 0.25) is 5.62 Å². The monoisotopic (exact) mass is 396 g/mol. The average molecular weight is 397 g/mol. The summed E-state index contributed by atoms with van der Waals surface area (Å²) in [4.78, 5) is 22.1. The van der Waals surface area contributed by atoms with Crippen molar-refractivity contribution in [1.82, 2.24) is 14.1 Å². The van der Waals surface area contributed by atoms with Crippen LogP contribution in [-0.4, -0.2) is 14.1 Å². The van der Waals surface area contributed by atoms with E-state index in [-0.39, 0.29) is 11.7 Å². The lowest BCUT2D eigenvalue weighted by atomic mass is 10.0. The van der Waals surface area contributed by atoms with Crippen molar-refractivity contribution in [3.8, 4) is 0 Å². The molecule has 0 aliphatic carbocycles. The molecule has 3 rings (SSSR count). The van der Waals surface area contributed by atoms with E-state index >= 15 is 0 Å². The maximum absolute atomic E-state index is 13.0. The summed E-state index contributed by atoms with van der Waals surface area (Å²) in [5.74, 6) is 0.456. The van der Waals surface area contributed by atoms with Gasteiger partial charge in [0.05, 0.1) is 12.2 Å². The third-order valence-electron chi connectivity index (χ3n) is 4.59. The minimum Gasteiger partial charge on any atom is -0.281 e. The van der Waals surface area contributed by atoms with Gasteiger partial charge >= 0.3 is 5.69 Å². The van der Waals surface area contributed by atoms with E-state index in [1.54, 1.807) is 15.5 Å². The van der Waals surface area contributed by atoms with Crippen LogP contribution in [0.3, 0.4) is 0 Å². The smallest absolute Gasteiger partial charge is 0.281 e. The Labute approximate surface area is 170 Å². The van der Waals surface area contributed by atoms with Gasteiger partial charge in [-0.15, -0.1) is 0 Å². The number of nitrogens with zero attached hydrogens (tertiary/aromatic N) is 4. The van der Waals surface area contributed by atoms with Crippen LogP contribution in [0.25, 0.3) is 0 Å². The molecule has 1 heterocycles. The van der Waals surface area contributed by atoms with Gasteiger partial charge in [-0.2, -0.15) is 0 Å². The largest absolute Gasteiger partial charge is 0.332 e. The highest BCUT2D eigenvalue weighted by Crippen LogP contribution is 2.18. The second-order valence-electron chi connectivity index (χ2n) is 7.40. The van der Waals surface area contributed by atoms with E-state index < -0.39 is 0 Å². The third kappa shape index (κ3) is 4.60. The Bertz CT molecular complexity index is 1060. The number of halogens is 1. The Morgan fingerprint density at radius 3 is 2.21 bits per heavy atom. The minimum atomic E-state index is -0.141. The first-order valence-corrected chi connectivity index (χ1v) is 9.80. The average Bonchev–Trinajstić information content (AvgIpc) is 2.66. The van der Waals surface area contributed by atoms with Crippen molar-refractivity contribution in [2.45, 2.75) is 46.2 Å². The van der Waals surface area contributed by atoms with Gasteiger partial charge in [0.25, 0.3) is 0 Å². The summed E-state index contributed by atoms with van der Waals surface area (Å²) >= 11 is 5.98. The Kier molecular flexibility index (Phi) is 6.15. The highest BCUT2D eigenvalue weighted by atomic mass is 35.5. The van der Waals surface area contributed by atoms with Crippen molar-refractivity contribution in [1.29, 1.82) is 0 Å². The molecule has 146 valence electrons. The van der Waals surface area contributed by atoms with Crippen molar-refractivity contribution in [3.05, 3.63) is 87.1 Å². The summed E-state index contributed by atoms with van der Waals surface area (Å²) in [6, 6.07) is 15.5. The lowest BCUT2D eigenvalue weighted by molar-refractivity contribution is 0.496. The normalized spacial score (nSPS) is 12.2. The van der Waals surface area contributed by atoms with Crippen LogP contribution in [0.2, 0.25) is 5.02 Å². The van der Waals surface area contributed by atoms with Crippen molar-refractivity contribution in [3.63, 3.8) is 0 Å². The fourth-order valence-electron chi connectivity index (χ4n) is 2.86. The van der Waals surface area contributed by atoms with Crippen LogP contribution < -0.4 is 11.3 Å². The fourth-order valence-corrected chi connectivity index (χ4v) is 2.99. The summed E-state index contributed by atoms with van der Waals surface area (Å²) in [5.41, 5.74) is 3.22. The molecule has 0 saturated heterocycles. The molecule has 6 heteroatoms. The zero-order valence-electron chi connectivity index (χ0n) is 16.6. The van der Waals surface area contributed by atoms with Crippen LogP contribution in [0.15, 0.2) is 64.6 Å². The molecular formula is C22H25ClN4O. The molecule has 0 atom stereocenters. The van der Waals surface area contributed by atoms with Gasteiger partial charge in [-0.05, 0) is 55.2 Å². The maximum atomic E-state index is 13.0. The molecule has 0 spiro atoms. The molecule has 0 bridgehead atoms. The van der Waals surface area contributed by atoms with E-state index in [4.69, 9.17) is 11.6 Å². The van der Waals surface area contributed by atoms with Crippen molar-refractivity contribution in [2.75, 3.05) is 0 Å². The second kappa shape index (κ2) is 8.57. The molecule has 0 fully saturated rings. The van der Waals surface area contributed by atoms with Gasteiger partial charge in [-0.1, -0.05) is 49.7 Å². The summed E-state index contributed by atoms with van der Waals surface area (Å²) in [6.45, 7) is 8.59. The summed E-state index contributed by atoms with van der Waals surface area (Å²) < 4.78 is 3.20. The van der Waals surface area contributed by atoms with Gasteiger partial charge in [-0.25, -0.2) is 14.8 Å². The molecule has 0 N–H and O–H groups in total. The first-order chi connectivity index (χ1) is 13.3. The molecule has 0 aliphatic heterocycles. The number of aromatic nitrogens is 3. The van der Waals surface area contributed by atoms with Crippen molar-refractivity contribution in [2.24, 2.45) is 4.99 Å². The molecule has 28 heavy (non-hydrogen) atoms. The van der Waals surface area contributed by atoms with Crippen LogP contribution in [0.4, 0.5) is 5.69 Å². The fraction of sp³-hybridized carbons (Fsp3) is 0.318. The summed E-state index contributed by atoms with van der Waals surface area (Å²) in [5, 5.41) is 0.662. The highest BCUT2D eigenvalue weighted by Gasteiger charge is 2.09. The van der Waals surface area contributed by atoms with E-state index in [1.807, 2.05) is 50.2 Å². The molecule has 3 aromatic rings. The minimum absolute atomic E-state index is 0.0100. The Balaban J connectivity index is 2.10. The molecule has 0 saturated carbocycles. The van der Waals surface area contributed by atoms with Crippen LogP contribution in [0.1, 0.15) is 50.8 Å². The molecule has 0 radical (unpaired) electrons. The van der Waals surface area contributed by atoms with E-state index in [0.717, 1.165) is 11.3 Å². The first-order valence-electron chi connectivity index (χ1n) is 9.42.